The van der Waals surface area contributed by atoms with Crippen LogP contribution >= 0.6 is 0 Å². The van der Waals surface area contributed by atoms with E-state index in [1.54, 1.807) is 12.3 Å². The molecule has 0 spiro atoms. The third kappa shape index (κ3) is 3.97. The summed E-state index contributed by atoms with van der Waals surface area (Å²) in [5.41, 5.74) is 3.94. The van der Waals surface area contributed by atoms with Crippen molar-refractivity contribution in [2.45, 2.75) is 61.9 Å². The number of para-hydroxylation sites is 1. The Morgan fingerprint density at radius 1 is 1.18 bits per heavy atom. The molecule has 1 aromatic carbocycles. The normalized spacial score (nSPS) is 38.9. The van der Waals surface area contributed by atoms with E-state index in [0.29, 0.717) is 19.4 Å². The van der Waals surface area contributed by atoms with Gasteiger partial charge in [-0.15, -0.1) is 6.58 Å². The number of nitrogens with one attached hydrogen (secondary N) is 1. The number of ether oxygens (including phenoxy) is 3. The fraction of sp³-hybridized carbons (Fsp3) is 0.519. The highest BCUT2D eigenvalue weighted by molar-refractivity contribution is 5.86. The van der Waals surface area contributed by atoms with Crippen LogP contribution in [-0.2, 0) is 25.4 Å². The van der Waals surface area contributed by atoms with E-state index < -0.39 is 55.6 Å². The number of carboxylic acid groups (broad SMARTS) is 1. The van der Waals surface area contributed by atoms with Crippen molar-refractivity contribution in [2.75, 3.05) is 13.2 Å². The smallest absolute Gasteiger partial charge is 0.321 e. The van der Waals surface area contributed by atoms with E-state index in [-0.39, 0.29) is 17.9 Å². The lowest BCUT2D eigenvalue weighted by molar-refractivity contribution is -0.339. The lowest BCUT2D eigenvalue weighted by Gasteiger charge is -2.50. The molecular weight excluding hydrogens is 496 g/mol. The molecule has 6 rings (SSSR count). The van der Waals surface area contributed by atoms with Gasteiger partial charge in [0.25, 0.3) is 0 Å². The number of hydrogen-bond acceptors (Lipinski definition) is 9. The van der Waals surface area contributed by atoms with E-state index in [1.807, 2.05) is 29.2 Å². The maximum absolute atomic E-state index is 12.3. The Labute approximate surface area is 218 Å². The lowest BCUT2D eigenvalue weighted by Crippen LogP contribution is -2.60. The fourth-order valence-corrected chi connectivity index (χ4v) is 6.52. The van der Waals surface area contributed by atoms with Crippen LogP contribution in [0, 0.1) is 11.8 Å². The summed E-state index contributed by atoms with van der Waals surface area (Å²) >= 11 is 0. The van der Waals surface area contributed by atoms with Crippen molar-refractivity contribution < 1.29 is 44.5 Å². The topological polar surface area (TPSA) is 165 Å². The Hall–Kier alpha value is -2.77. The summed E-state index contributed by atoms with van der Waals surface area (Å²) in [6.45, 7) is 3.82. The van der Waals surface area contributed by atoms with Gasteiger partial charge in [-0.05, 0) is 29.5 Å². The molecule has 2 saturated heterocycles. The van der Waals surface area contributed by atoms with Crippen molar-refractivity contribution in [3.8, 4) is 0 Å². The number of carbonyl (C=O) groups is 1. The molecular formula is C27H32N2O9. The Kier molecular flexibility index (Phi) is 6.55. The summed E-state index contributed by atoms with van der Waals surface area (Å²) in [5.74, 6) is -1.34. The Balaban J connectivity index is 1.30. The second-order valence-corrected chi connectivity index (χ2v) is 10.5. The predicted molar refractivity (Wildman–Crippen MR) is 132 cm³/mol. The van der Waals surface area contributed by atoms with Crippen LogP contribution in [0.5, 0.6) is 0 Å². The van der Waals surface area contributed by atoms with Crippen LogP contribution in [0.1, 0.15) is 23.7 Å². The number of aromatic nitrogens is 1. The van der Waals surface area contributed by atoms with Gasteiger partial charge in [0.2, 0.25) is 6.29 Å². The van der Waals surface area contributed by atoms with Gasteiger partial charge in [0.15, 0.2) is 6.29 Å². The molecule has 0 amide bonds. The van der Waals surface area contributed by atoms with Gasteiger partial charge in [0.1, 0.15) is 30.5 Å². The minimum atomic E-state index is -1.57. The summed E-state index contributed by atoms with van der Waals surface area (Å²) in [4.78, 5) is 17.9. The van der Waals surface area contributed by atoms with Crippen LogP contribution in [0.3, 0.4) is 0 Å². The van der Waals surface area contributed by atoms with Gasteiger partial charge < -0.3 is 44.7 Å². The van der Waals surface area contributed by atoms with Crippen molar-refractivity contribution in [1.29, 1.82) is 0 Å². The molecule has 11 heteroatoms. The van der Waals surface area contributed by atoms with Crippen LogP contribution in [0.2, 0.25) is 0 Å². The zero-order chi connectivity index (χ0) is 26.7. The largest absolute Gasteiger partial charge is 0.480 e. The third-order valence-corrected chi connectivity index (χ3v) is 8.50. The highest BCUT2D eigenvalue weighted by Crippen LogP contribution is 2.49. The van der Waals surface area contributed by atoms with Crippen LogP contribution in [-0.4, -0.2) is 97.6 Å². The molecule has 2 fully saturated rings. The van der Waals surface area contributed by atoms with Gasteiger partial charge in [-0.3, -0.25) is 9.69 Å². The first-order valence-corrected chi connectivity index (χ1v) is 12.8. The second kappa shape index (κ2) is 9.76. The summed E-state index contributed by atoms with van der Waals surface area (Å²) in [5, 5.41) is 51.3. The van der Waals surface area contributed by atoms with E-state index in [0.717, 1.165) is 27.7 Å². The molecule has 0 bridgehead atoms. The molecule has 5 heterocycles. The minimum Gasteiger partial charge on any atom is -0.480 e. The van der Waals surface area contributed by atoms with Gasteiger partial charge in [0.05, 0.1) is 18.9 Å². The highest BCUT2D eigenvalue weighted by atomic mass is 16.8. The van der Waals surface area contributed by atoms with Crippen LogP contribution < -0.4 is 0 Å². The fourth-order valence-electron chi connectivity index (χ4n) is 6.52. The number of aliphatic hydroxyl groups excluding tert-OH is 4. The van der Waals surface area contributed by atoms with Crippen molar-refractivity contribution in [3.05, 3.63) is 60.0 Å². The Morgan fingerprint density at radius 3 is 2.71 bits per heavy atom. The number of aliphatic carboxylic acids is 1. The SMILES string of the molecule is C=CC1C(OC2OC(CO)C(O)C(O)C2O)OC=C2CN3C(C(=O)O)Cc4c([nH]c5ccccc45)C3CC21. The van der Waals surface area contributed by atoms with E-state index in [4.69, 9.17) is 14.2 Å². The molecule has 4 aliphatic heterocycles. The number of aliphatic hydroxyl groups is 4. The molecule has 0 radical (unpaired) electrons. The summed E-state index contributed by atoms with van der Waals surface area (Å²) in [7, 11) is 0. The number of H-pyrrole nitrogens is 1. The maximum Gasteiger partial charge on any atom is 0.321 e. The van der Waals surface area contributed by atoms with Crippen LogP contribution in [0.25, 0.3) is 10.9 Å². The minimum absolute atomic E-state index is 0.0933. The van der Waals surface area contributed by atoms with E-state index in [1.165, 1.54) is 0 Å². The van der Waals surface area contributed by atoms with Gasteiger partial charge in [0, 0.05) is 35.5 Å². The number of aromatic amines is 1. The maximum atomic E-state index is 12.3. The molecule has 11 nitrogen and oxygen atoms in total. The average Bonchev–Trinajstić information content (AvgIpc) is 3.30. The molecule has 38 heavy (non-hydrogen) atoms. The highest BCUT2D eigenvalue weighted by Gasteiger charge is 2.50. The number of carboxylic acids is 1. The monoisotopic (exact) mass is 528 g/mol. The predicted octanol–water partition coefficient (Wildman–Crippen LogP) is 0.399. The zero-order valence-electron chi connectivity index (χ0n) is 20.6. The number of hydrogen-bond donors (Lipinski definition) is 6. The standard InChI is InChI=1S/C27H32N2O9/c1-2-13-15-7-18-21-16(14-5-3-4-6-17(14)28-21)8-19(25(34)35)29(18)9-12(15)11-36-26(13)38-27-24(33)23(32)22(31)20(10-30)37-27/h2-6,11,13,15,18-20,22-24,26-28,30-33H,1,7-10H2,(H,34,35). The number of rotatable bonds is 5. The summed E-state index contributed by atoms with van der Waals surface area (Å²) < 4.78 is 17.4. The quantitative estimate of drug-likeness (QED) is 0.299. The zero-order valence-corrected chi connectivity index (χ0v) is 20.6. The van der Waals surface area contributed by atoms with Crippen LogP contribution in [0.4, 0.5) is 0 Å². The first kappa shape index (κ1) is 25.5. The molecule has 1 aromatic heterocycles. The molecule has 0 saturated carbocycles. The molecule has 10 atom stereocenters. The van der Waals surface area contributed by atoms with Gasteiger partial charge in [-0.2, -0.15) is 0 Å². The second-order valence-electron chi connectivity index (χ2n) is 10.5. The van der Waals surface area contributed by atoms with Gasteiger partial charge in [-0.1, -0.05) is 24.3 Å². The Bertz CT molecular complexity index is 1260. The number of fused-ring (bicyclic) bond motifs is 6. The van der Waals surface area contributed by atoms with Crippen molar-refractivity contribution in [3.63, 3.8) is 0 Å². The summed E-state index contributed by atoms with van der Waals surface area (Å²) in [6, 6.07) is 7.05. The van der Waals surface area contributed by atoms with E-state index in [9.17, 15) is 30.3 Å². The average molecular weight is 529 g/mol. The van der Waals surface area contributed by atoms with Crippen molar-refractivity contribution in [2.24, 2.45) is 11.8 Å². The van der Waals surface area contributed by atoms with Gasteiger partial charge >= 0.3 is 5.97 Å². The number of nitrogens with zero attached hydrogens (tertiary/aromatic N) is 1. The van der Waals surface area contributed by atoms with E-state index in [2.05, 4.69) is 11.6 Å². The first-order chi connectivity index (χ1) is 18.3. The van der Waals surface area contributed by atoms with Crippen molar-refractivity contribution in [1.82, 2.24) is 9.88 Å². The van der Waals surface area contributed by atoms with Gasteiger partial charge in [-0.25, -0.2) is 0 Å². The van der Waals surface area contributed by atoms with E-state index >= 15 is 0 Å². The van der Waals surface area contributed by atoms with Crippen molar-refractivity contribution >= 4 is 16.9 Å². The summed E-state index contributed by atoms with van der Waals surface area (Å²) in [6.07, 6.45) is -3.71. The molecule has 204 valence electrons. The van der Waals surface area contributed by atoms with Crippen LogP contribution in [0.15, 0.2) is 48.8 Å². The molecule has 6 N–H and O–H groups in total. The lowest BCUT2D eigenvalue weighted by atomic mass is 9.73. The molecule has 0 aliphatic carbocycles. The number of benzene rings is 1. The molecule has 2 aromatic rings. The Morgan fingerprint density at radius 2 is 1.97 bits per heavy atom. The first-order valence-electron chi connectivity index (χ1n) is 12.8. The third-order valence-electron chi connectivity index (χ3n) is 8.50. The molecule has 10 unspecified atom stereocenters. The number of piperidine rings is 1. The molecule has 4 aliphatic rings.